The maximum atomic E-state index is 12.4. The topological polar surface area (TPSA) is 34.1 Å². The number of rotatable bonds is 7. The van der Waals surface area contributed by atoms with E-state index in [-0.39, 0.29) is 6.04 Å². The summed E-state index contributed by atoms with van der Waals surface area (Å²) in [6.45, 7) is 3.36. The maximum absolute atomic E-state index is 12.4. The minimum absolute atomic E-state index is 0.157. The van der Waals surface area contributed by atoms with E-state index in [9.17, 15) is 13.2 Å². The molecule has 1 rings (SSSR count). The van der Waals surface area contributed by atoms with Crippen LogP contribution in [-0.2, 0) is 10.9 Å². The molecule has 0 saturated heterocycles. The number of halogens is 3. The Balaban J connectivity index is 2.53. The van der Waals surface area contributed by atoms with Crippen LogP contribution in [0.25, 0.3) is 0 Å². The van der Waals surface area contributed by atoms with Gasteiger partial charge in [-0.15, -0.1) is 11.8 Å². The molecule has 1 aromatic heterocycles. The molecule has 1 aromatic rings. The highest BCUT2D eigenvalue weighted by Gasteiger charge is 2.30. The fourth-order valence-corrected chi connectivity index (χ4v) is 2.35. The summed E-state index contributed by atoms with van der Waals surface area (Å²) in [5, 5.41) is 3.81. The van der Waals surface area contributed by atoms with E-state index in [4.69, 9.17) is 4.74 Å². The van der Waals surface area contributed by atoms with Crippen molar-refractivity contribution in [2.45, 2.75) is 24.2 Å². The number of aromatic nitrogens is 1. The largest absolute Gasteiger partial charge is 0.417 e. The van der Waals surface area contributed by atoms with Gasteiger partial charge in [0, 0.05) is 25.1 Å². The van der Waals surface area contributed by atoms with E-state index in [1.54, 1.807) is 7.11 Å². The van der Waals surface area contributed by atoms with Gasteiger partial charge in [0.1, 0.15) is 0 Å². The van der Waals surface area contributed by atoms with Gasteiger partial charge in [-0.25, -0.2) is 4.98 Å². The second-order valence-electron chi connectivity index (χ2n) is 3.90. The van der Waals surface area contributed by atoms with Crippen LogP contribution in [0, 0.1) is 0 Å². The highest BCUT2D eigenvalue weighted by molar-refractivity contribution is 7.99. The van der Waals surface area contributed by atoms with Crippen molar-refractivity contribution < 1.29 is 17.9 Å². The Hall–Kier alpha value is -0.790. The van der Waals surface area contributed by atoms with Gasteiger partial charge in [0.2, 0.25) is 0 Å². The molecule has 1 heterocycles. The van der Waals surface area contributed by atoms with Gasteiger partial charge in [0.25, 0.3) is 0 Å². The minimum atomic E-state index is -4.33. The molecule has 108 valence electrons. The van der Waals surface area contributed by atoms with Gasteiger partial charge in [-0.3, -0.25) is 0 Å². The quantitative estimate of drug-likeness (QED) is 0.784. The van der Waals surface area contributed by atoms with E-state index < -0.39 is 11.7 Å². The van der Waals surface area contributed by atoms with Crippen LogP contribution in [0.3, 0.4) is 0 Å². The zero-order valence-electron chi connectivity index (χ0n) is 10.8. The van der Waals surface area contributed by atoms with Crippen LogP contribution in [-0.4, -0.2) is 37.0 Å². The fourth-order valence-electron chi connectivity index (χ4n) is 1.48. The van der Waals surface area contributed by atoms with Gasteiger partial charge in [-0.2, -0.15) is 13.2 Å². The average molecular weight is 294 g/mol. The summed E-state index contributed by atoms with van der Waals surface area (Å²) in [4.78, 5) is 3.81. The molecule has 0 radical (unpaired) electrons. The van der Waals surface area contributed by atoms with E-state index in [1.807, 2.05) is 6.92 Å². The van der Waals surface area contributed by atoms with Crippen molar-refractivity contribution in [2.24, 2.45) is 0 Å². The Morgan fingerprint density at radius 1 is 1.42 bits per heavy atom. The number of ether oxygens (including phenoxy) is 1. The Morgan fingerprint density at radius 3 is 2.63 bits per heavy atom. The normalized spacial score (nSPS) is 13.5. The third-order valence-corrected chi connectivity index (χ3v) is 3.46. The molecule has 3 nitrogen and oxygen atoms in total. The first-order valence-corrected chi connectivity index (χ1v) is 6.84. The molecule has 0 aliphatic rings. The first kappa shape index (κ1) is 16.3. The second kappa shape index (κ2) is 7.72. The van der Waals surface area contributed by atoms with Crippen molar-refractivity contribution >= 4 is 11.8 Å². The first-order valence-electron chi connectivity index (χ1n) is 5.85. The van der Waals surface area contributed by atoms with E-state index >= 15 is 0 Å². The number of hydrogen-bond acceptors (Lipinski definition) is 4. The van der Waals surface area contributed by atoms with Crippen molar-refractivity contribution in [3.8, 4) is 0 Å². The fraction of sp³-hybridized carbons (Fsp3) is 0.583. The molecule has 0 fully saturated rings. The zero-order valence-corrected chi connectivity index (χ0v) is 11.6. The molecule has 19 heavy (non-hydrogen) atoms. The number of pyridine rings is 1. The summed E-state index contributed by atoms with van der Waals surface area (Å²) in [5.74, 6) is 0.694. The lowest BCUT2D eigenvalue weighted by atomic mass is 10.3. The van der Waals surface area contributed by atoms with Gasteiger partial charge in [0.15, 0.2) is 0 Å². The maximum Gasteiger partial charge on any atom is 0.417 e. The summed E-state index contributed by atoms with van der Waals surface area (Å²) in [5.41, 5.74) is -0.725. The summed E-state index contributed by atoms with van der Waals surface area (Å²) in [7, 11) is 1.62. The molecule has 0 saturated carbocycles. The van der Waals surface area contributed by atoms with E-state index in [2.05, 4.69) is 10.3 Å². The van der Waals surface area contributed by atoms with Crippen LogP contribution in [0.1, 0.15) is 12.5 Å². The van der Waals surface area contributed by atoms with Gasteiger partial charge in [0.05, 0.1) is 17.2 Å². The van der Waals surface area contributed by atoms with Crippen molar-refractivity contribution in [3.05, 3.63) is 23.9 Å². The minimum Gasteiger partial charge on any atom is -0.383 e. The predicted octanol–water partition coefficient (Wildman–Crippen LogP) is 2.82. The SMILES string of the molecule is CCNC(COC)CSc1ccc(C(F)(F)F)cn1. The van der Waals surface area contributed by atoms with Crippen LogP contribution in [0.4, 0.5) is 13.2 Å². The highest BCUT2D eigenvalue weighted by atomic mass is 32.2. The smallest absolute Gasteiger partial charge is 0.383 e. The summed E-state index contributed by atoms with van der Waals surface area (Å²) in [6, 6.07) is 2.60. The number of nitrogens with one attached hydrogen (secondary N) is 1. The van der Waals surface area contributed by atoms with Gasteiger partial charge < -0.3 is 10.1 Å². The number of alkyl halides is 3. The molecule has 0 aliphatic heterocycles. The molecule has 0 aromatic carbocycles. The van der Waals surface area contributed by atoms with E-state index in [0.717, 1.165) is 18.8 Å². The lowest BCUT2D eigenvalue weighted by Gasteiger charge is -2.16. The number of thioether (sulfide) groups is 1. The van der Waals surface area contributed by atoms with E-state index in [0.29, 0.717) is 17.4 Å². The van der Waals surface area contributed by atoms with Crippen LogP contribution >= 0.6 is 11.8 Å². The molecule has 0 spiro atoms. The first-order chi connectivity index (χ1) is 8.97. The molecule has 0 aliphatic carbocycles. The summed E-state index contributed by atoms with van der Waals surface area (Å²) < 4.78 is 42.1. The van der Waals surface area contributed by atoms with Gasteiger partial charge in [-0.05, 0) is 18.7 Å². The summed E-state index contributed by atoms with van der Waals surface area (Å²) in [6.07, 6.45) is -3.47. The zero-order chi connectivity index (χ0) is 14.3. The molecule has 1 atom stereocenters. The average Bonchev–Trinajstić information content (AvgIpc) is 2.36. The number of hydrogen-bond donors (Lipinski definition) is 1. The monoisotopic (exact) mass is 294 g/mol. The van der Waals surface area contributed by atoms with Crippen molar-refractivity contribution in [2.75, 3.05) is 26.0 Å². The summed E-state index contributed by atoms with van der Waals surface area (Å²) >= 11 is 1.41. The lowest BCUT2D eigenvalue weighted by molar-refractivity contribution is -0.137. The van der Waals surface area contributed by atoms with Crippen LogP contribution in [0.2, 0.25) is 0 Å². The Bertz CT molecular complexity index is 364. The number of likely N-dealkylation sites (N-methyl/N-ethyl adjacent to an activating group) is 1. The van der Waals surface area contributed by atoms with Crippen molar-refractivity contribution in [1.29, 1.82) is 0 Å². The van der Waals surface area contributed by atoms with Crippen molar-refractivity contribution in [3.63, 3.8) is 0 Å². The van der Waals surface area contributed by atoms with Gasteiger partial charge >= 0.3 is 6.18 Å². The number of nitrogens with zero attached hydrogens (tertiary/aromatic N) is 1. The van der Waals surface area contributed by atoms with Crippen LogP contribution in [0.5, 0.6) is 0 Å². The molecule has 0 amide bonds. The lowest BCUT2D eigenvalue weighted by Crippen LogP contribution is -2.35. The van der Waals surface area contributed by atoms with Crippen molar-refractivity contribution in [1.82, 2.24) is 10.3 Å². The molecule has 1 N–H and O–H groups in total. The third kappa shape index (κ3) is 5.80. The third-order valence-electron chi connectivity index (χ3n) is 2.36. The molecule has 7 heteroatoms. The standard InChI is InChI=1S/C12H17F3N2OS/c1-3-16-10(7-18-2)8-19-11-5-4-9(6-17-11)12(13,14)15/h4-6,10,16H,3,7-8H2,1-2H3. The molecular weight excluding hydrogens is 277 g/mol. The molecule has 0 bridgehead atoms. The van der Waals surface area contributed by atoms with E-state index in [1.165, 1.54) is 17.8 Å². The predicted molar refractivity (Wildman–Crippen MR) is 69.3 cm³/mol. The molecule has 1 unspecified atom stereocenters. The van der Waals surface area contributed by atoms with Gasteiger partial charge in [-0.1, -0.05) is 6.92 Å². The highest BCUT2D eigenvalue weighted by Crippen LogP contribution is 2.29. The Labute approximate surface area is 114 Å². The number of methoxy groups -OCH3 is 1. The van der Waals surface area contributed by atoms with Crippen LogP contribution < -0.4 is 5.32 Å². The van der Waals surface area contributed by atoms with Crippen LogP contribution in [0.15, 0.2) is 23.4 Å². The second-order valence-corrected chi connectivity index (χ2v) is 4.94. The Kier molecular flexibility index (Phi) is 6.60. The molecular formula is C12H17F3N2OS. The Morgan fingerprint density at radius 2 is 2.16 bits per heavy atom.